The zero-order valence-corrected chi connectivity index (χ0v) is 12.9. The monoisotopic (exact) mass is 332 g/mol. The average molecular weight is 332 g/mol. The number of ether oxygens (including phenoxy) is 1. The van der Waals surface area contributed by atoms with Crippen LogP contribution in [-0.4, -0.2) is 49.7 Å². The number of carbonyl (C=O) groups excluding carboxylic acids is 1. The summed E-state index contributed by atoms with van der Waals surface area (Å²) in [7, 11) is -3.37. The van der Waals surface area contributed by atoms with Crippen molar-refractivity contribution >= 4 is 33.3 Å². The van der Waals surface area contributed by atoms with Crippen LogP contribution in [0.25, 0.3) is 0 Å². The second-order valence-corrected chi connectivity index (χ2v) is 7.73. The molecule has 0 radical (unpaired) electrons. The second-order valence-electron chi connectivity index (χ2n) is 5.32. The Morgan fingerprint density at radius 1 is 1.52 bits per heavy atom. The van der Waals surface area contributed by atoms with E-state index in [1.165, 1.54) is 0 Å². The fraction of sp³-hybridized carbons (Fsp3) is 0.636. The second kappa shape index (κ2) is 5.20. The molecule has 4 atom stereocenters. The van der Waals surface area contributed by atoms with Gasteiger partial charge in [-0.15, -0.1) is 0 Å². The van der Waals surface area contributed by atoms with Gasteiger partial charge in [0.2, 0.25) is 10.0 Å². The molecule has 116 valence electrons. The van der Waals surface area contributed by atoms with Crippen LogP contribution in [0, 0.1) is 5.92 Å². The summed E-state index contributed by atoms with van der Waals surface area (Å²) < 4.78 is 34.8. The van der Waals surface area contributed by atoms with E-state index in [9.17, 15) is 13.2 Å². The Labute approximate surface area is 126 Å². The predicted octanol–water partition coefficient (Wildman–Crippen LogP) is -0.840. The summed E-state index contributed by atoms with van der Waals surface area (Å²) >= 11 is 1.11. The van der Waals surface area contributed by atoms with E-state index in [1.54, 1.807) is 5.38 Å². The van der Waals surface area contributed by atoms with Gasteiger partial charge in [0.15, 0.2) is 0 Å². The average Bonchev–Trinajstić information content (AvgIpc) is 2.99. The molecule has 0 spiro atoms. The zero-order chi connectivity index (χ0) is 15.2. The van der Waals surface area contributed by atoms with Crippen molar-refractivity contribution in [1.29, 1.82) is 0 Å². The van der Waals surface area contributed by atoms with Crippen LogP contribution in [0.4, 0.5) is 5.82 Å². The number of hydrogen-bond donors (Lipinski definition) is 3. The largest absolute Gasteiger partial charge is 0.382 e. The first-order valence-electron chi connectivity index (χ1n) is 6.46. The Kier molecular flexibility index (Phi) is 3.64. The topological polar surface area (TPSA) is 123 Å². The van der Waals surface area contributed by atoms with Crippen LogP contribution in [0.5, 0.6) is 0 Å². The van der Waals surface area contributed by atoms with E-state index in [-0.39, 0.29) is 29.8 Å². The first-order valence-corrected chi connectivity index (χ1v) is 9.19. The maximum absolute atomic E-state index is 12.2. The molecule has 1 aliphatic heterocycles. The van der Waals surface area contributed by atoms with Gasteiger partial charge in [0, 0.05) is 17.9 Å². The molecule has 2 fully saturated rings. The smallest absolute Gasteiger partial charge is 0.256 e. The molecule has 1 aromatic rings. The SMILES string of the molecule is CS(=O)(=O)N[C@@H]1[C@@H](NC(=O)c2csnc2N)[C@H]2CCO[C@H]21. The highest BCUT2D eigenvalue weighted by molar-refractivity contribution is 7.88. The quantitative estimate of drug-likeness (QED) is 0.660. The summed E-state index contributed by atoms with van der Waals surface area (Å²) in [5.74, 6) is -0.0263. The minimum absolute atomic E-state index is 0.126. The number of carbonyl (C=O) groups is 1. The van der Waals surface area contributed by atoms with Crippen molar-refractivity contribution in [3.8, 4) is 0 Å². The summed E-state index contributed by atoms with van der Waals surface area (Å²) in [6, 6.07) is -0.733. The van der Waals surface area contributed by atoms with Crippen molar-refractivity contribution in [2.75, 3.05) is 18.6 Å². The Balaban J connectivity index is 1.74. The Morgan fingerprint density at radius 3 is 2.90 bits per heavy atom. The minimum atomic E-state index is -3.37. The summed E-state index contributed by atoms with van der Waals surface area (Å²) in [4.78, 5) is 12.2. The lowest BCUT2D eigenvalue weighted by atomic mass is 9.72. The molecule has 0 unspecified atom stereocenters. The molecule has 2 heterocycles. The third-order valence-electron chi connectivity index (χ3n) is 3.88. The van der Waals surface area contributed by atoms with Gasteiger partial charge in [0.05, 0.1) is 30.0 Å². The fourth-order valence-corrected chi connectivity index (χ4v) is 4.31. The van der Waals surface area contributed by atoms with Gasteiger partial charge in [0.1, 0.15) is 5.82 Å². The molecule has 21 heavy (non-hydrogen) atoms. The molecule has 8 nitrogen and oxygen atoms in total. The Bertz CT molecular complexity index is 659. The molecule has 4 N–H and O–H groups in total. The Morgan fingerprint density at radius 2 is 2.29 bits per heavy atom. The van der Waals surface area contributed by atoms with E-state index < -0.39 is 16.1 Å². The number of nitrogens with one attached hydrogen (secondary N) is 2. The number of sulfonamides is 1. The van der Waals surface area contributed by atoms with Crippen LogP contribution in [0.15, 0.2) is 5.38 Å². The summed E-state index contributed by atoms with van der Waals surface area (Å²) in [5.41, 5.74) is 5.94. The summed E-state index contributed by atoms with van der Waals surface area (Å²) in [6.45, 7) is 0.575. The molecule has 1 aliphatic carbocycles. The van der Waals surface area contributed by atoms with E-state index in [1.807, 2.05) is 0 Å². The molecule has 0 bridgehead atoms. The molecule has 1 aromatic heterocycles. The number of hydrogen-bond acceptors (Lipinski definition) is 7. The highest BCUT2D eigenvalue weighted by Gasteiger charge is 2.55. The molecule has 3 rings (SSSR count). The van der Waals surface area contributed by atoms with Crippen molar-refractivity contribution in [1.82, 2.24) is 14.4 Å². The van der Waals surface area contributed by atoms with Crippen LogP contribution in [-0.2, 0) is 14.8 Å². The van der Waals surface area contributed by atoms with E-state index >= 15 is 0 Å². The van der Waals surface area contributed by atoms with Crippen molar-refractivity contribution in [2.45, 2.75) is 24.6 Å². The van der Waals surface area contributed by atoms with E-state index in [4.69, 9.17) is 10.5 Å². The Hall–Kier alpha value is -1.23. The summed E-state index contributed by atoms with van der Waals surface area (Å²) in [5, 5.41) is 4.42. The third kappa shape index (κ3) is 2.76. The lowest BCUT2D eigenvalue weighted by Gasteiger charge is -2.47. The van der Waals surface area contributed by atoms with Gasteiger partial charge in [-0.2, -0.15) is 4.37 Å². The number of rotatable bonds is 4. The van der Waals surface area contributed by atoms with E-state index in [2.05, 4.69) is 14.4 Å². The standard InChI is InChI=1S/C11H16N4O4S2/c1-21(17,18)15-8-7(5-2-3-19-9(5)8)13-11(16)6-4-20-14-10(6)12/h4-5,7-9,15H,2-3H2,1H3,(H2,12,14)(H,13,16)/t5-,7+,8-,9-/m1/s1. The molecule has 0 aromatic carbocycles. The molecular weight excluding hydrogens is 316 g/mol. The maximum atomic E-state index is 12.2. The first-order chi connectivity index (χ1) is 9.87. The van der Waals surface area contributed by atoms with Crippen molar-refractivity contribution in [3.05, 3.63) is 10.9 Å². The molecule has 2 aliphatic rings. The van der Waals surface area contributed by atoms with Crippen LogP contribution in [0.3, 0.4) is 0 Å². The van der Waals surface area contributed by atoms with Gasteiger partial charge in [0.25, 0.3) is 5.91 Å². The lowest BCUT2D eigenvalue weighted by Crippen LogP contribution is -2.70. The van der Waals surface area contributed by atoms with Crippen molar-refractivity contribution in [2.24, 2.45) is 5.92 Å². The van der Waals surface area contributed by atoms with Gasteiger partial charge >= 0.3 is 0 Å². The molecule has 10 heteroatoms. The maximum Gasteiger partial charge on any atom is 0.256 e. The zero-order valence-electron chi connectivity index (χ0n) is 11.3. The normalized spacial score (nSPS) is 31.5. The van der Waals surface area contributed by atoms with Crippen LogP contribution >= 0.6 is 11.5 Å². The first kappa shape index (κ1) is 14.7. The van der Waals surface area contributed by atoms with Gasteiger partial charge in [-0.1, -0.05) is 0 Å². The molecular formula is C11H16N4O4S2. The number of fused-ring (bicyclic) bond motifs is 1. The van der Waals surface area contributed by atoms with Gasteiger partial charge in [-0.05, 0) is 18.0 Å². The molecule has 1 amide bonds. The number of aromatic nitrogens is 1. The molecule has 1 saturated heterocycles. The van der Waals surface area contributed by atoms with Gasteiger partial charge < -0.3 is 15.8 Å². The van der Waals surface area contributed by atoms with Crippen LogP contribution in [0.1, 0.15) is 16.8 Å². The van der Waals surface area contributed by atoms with Crippen molar-refractivity contribution in [3.63, 3.8) is 0 Å². The fourth-order valence-electron chi connectivity index (χ4n) is 2.94. The van der Waals surface area contributed by atoms with Crippen molar-refractivity contribution < 1.29 is 17.9 Å². The predicted molar refractivity (Wildman–Crippen MR) is 77.4 cm³/mol. The number of anilines is 1. The van der Waals surface area contributed by atoms with Crippen LogP contribution < -0.4 is 15.8 Å². The number of nitrogen functional groups attached to an aromatic ring is 1. The number of nitrogens with zero attached hydrogens (tertiary/aromatic N) is 1. The minimum Gasteiger partial charge on any atom is -0.382 e. The lowest BCUT2D eigenvalue weighted by molar-refractivity contribution is -0.0194. The summed E-state index contributed by atoms with van der Waals surface area (Å²) in [6.07, 6.45) is 1.71. The number of nitrogens with two attached hydrogens (primary N) is 1. The van der Waals surface area contributed by atoms with Gasteiger partial charge in [-0.3, -0.25) is 4.79 Å². The number of amides is 1. The van der Waals surface area contributed by atoms with E-state index in [0.717, 1.165) is 24.2 Å². The highest BCUT2D eigenvalue weighted by atomic mass is 32.2. The highest BCUT2D eigenvalue weighted by Crippen LogP contribution is 2.39. The van der Waals surface area contributed by atoms with E-state index in [0.29, 0.717) is 12.2 Å². The third-order valence-corrected chi connectivity index (χ3v) is 5.22. The van der Waals surface area contributed by atoms with Crippen LogP contribution in [0.2, 0.25) is 0 Å². The van der Waals surface area contributed by atoms with Gasteiger partial charge in [-0.25, -0.2) is 13.1 Å². The molecule has 1 saturated carbocycles.